The van der Waals surface area contributed by atoms with Crippen LogP contribution in [0.3, 0.4) is 0 Å². The minimum atomic E-state index is 0.154. The summed E-state index contributed by atoms with van der Waals surface area (Å²) >= 11 is 0. The number of nitrogens with zero attached hydrogens (tertiary/aromatic N) is 1. The molecule has 1 aliphatic heterocycles. The Kier molecular flexibility index (Phi) is 3.09. The Bertz CT molecular complexity index is 145. The van der Waals surface area contributed by atoms with Gasteiger partial charge in [0.05, 0.1) is 0 Å². The summed E-state index contributed by atoms with van der Waals surface area (Å²) in [6.45, 7) is 10.7. The Morgan fingerprint density at radius 3 is 2.75 bits per heavy atom. The van der Waals surface area contributed by atoms with Gasteiger partial charge >= 0.3 is 0 Å². The highest BCUT2D eigenvalue weighted by Crippen LogP contribution is 2.17. The molecule has 3 nitrogen and oxygen atoms in total. The van der Waals surface area contributed by atoms with E-state index in [1.54, 1.807) is 0 Å². The van der Waals surface area contributed by atoms with E-state index in [0.717, 1.165) is 26.2 Å². The van der Waals surface area contributed by atoms with E-state index < -0.39 is 0 Å². The van der Waals surface area contributed by atoms with Gasteiger partial charge in [0, 0.05) is 37.8 Å². The lowest BCUT2D eigenvalue weighted by Crippen LogP contribution is -2.60. The zero-order valence-corrected chi connectivity index (χ0v) is 8.43. The summed E-state index contributed by atoms with van der Waals surface area (Å²) in [7, 11) is 0. The molecule has 3 N–H and O–H groups in total. The first kappa shape index (κ1) is 9.96. The van der Waals surface area contributed by atoms with Gasteiger partial charge in [0.15, 0.2) is 0 Å². The van der Waals surface area contributed by atoms with Crippen molar-refractivity contribution in [1.82, 2.24) is 10.2 Å². The second-order valence-electron chi connectivity index (χ2n) is 4.26. The van der Waals surface area contributed by atoms with E-state index in [0.29, 0.717) is 6.04 Å². The summed E-state index contributed by atoms with van der Waals surface area (Å²) in [5.74, 6) is 0. The maximum Gasteiger partial charge on any atom is 0.0279 e. The third-order valence-corrected chi connectivity index (χ3v) is 2.78. The first-order chi connectivity index (χ1) is 5.58. The molecule has 0 aromatic heterocycles. The molecule has 0 spiro atoms. The summed E-state index contributed by atoms with van der Waals surface area (Å²) in [6, 6.07) is 0.609. The molecule has 1 heterocycles. The van der Waals surface area contributed by atoms with Crippen molar-refractivity contribution in [2.45, 2.75) is 32.4 Å². The first-order valence-electron chi connectivity index (χ1n) is 4.75. The second kappa shape index (κ2) is 3.73. The van der Waals surface area contributed by atoms with Crippen molar-refractivity contribution in [1.29, 1.82) is 0 Å². The van der Waals surface area contributed by atoms with Crippen LogP contribution in [-0.4, -0.2) is 42.7 Å². The topological polar surface area (TPSA) is 41.3 Å². The Morgan fingerprint density at radius 1 is 1.58 bits per heavy atom. The van der Waals surface area contributed by atoms with E-state index in [-0.39, 0.29) is 5.54 Å². The number of rotatable bonds is 2. The van der Waals surface area contributed by atoms with Gasteiger partial charge in [-0.15, -0.1) is 0 Å². The van der Waals surface area contributed by atoms with Crippen molar-refractivity contribution in [2.24, 2.45) is 5.73 Å². The van der Waals surface area contributed by atoms with Gasteiger partial charge in [-0.3, -0.25) is 4.90 Å². The van der Waals surface area contributed by atoms with Gasteiger partial charge in [0.25, 0.3) is 0 Å². The highest BCUT2D eigenvalue weighted by molar-refractivity contribution is 4.89. The van der Waals surface area contributed by atoms with Crippen LogP contribution in [-0.2, 0) is 0 Å². The van der Waals surface area contributed by atoms with E-state index in [2.05, 4.69) is 31.0 Å². The normalized spacial score (nSPS) is 27.5. The fourth-order valence-electron chi connectivity index (χ4n) is 1.86. The van der Waals surface area contributed by atoms with E-state index in [9.17, 15) is 0 Å². The van der Waals surface area contributed by atoms with Crippen molar-refractivity contribution < 1.29 is 0 Å². The molecule has 3 heteroatoms. The van der Waals surface area contributed by atoms with E-state index in [1.165, 1.54) is 0 Å². The Morgan fingerprint density at radius 2 is 2.25 bits per heavy atom. The number of hydrogen-bond acceptors (Lipinski definition) is 3. The molecule has 0 aliphatic carbocycles. The largest absolute Gasteiger partial charge is 0.329 e. The van der Waals surface area contributed by atoms with Crippen LogP contribution in [0.1, 0.15) is 20.8 Å². The van der Waals surface area contributed by atoms with Gasteiger partial charge in [-0.2, -0.15) is 0 Å². The number of nitrogens with two attached hydrogens (primary N) is 1. The fraction of sp³-hybridized carbons (Fsp3) is 1.00. The van der Waals surface area contributed by atoms with Crippen molar-refractivity contribution in [3.8, 4) is 0 Å². The molecule has 0 bridgehead atoms. The van der Waals surface area contributed by atoms with Gasteiger partial charge in [0.2, 0.25) is 0 Å². The molecule has 0 amide bonds. The monoisotopic (exact) mass is 171 g/mol. The fourth-order valence-corrected chi connectivity index (χ4v) is 1.86. The van der Waals surface area contributed by atoms with E-state index >= 15 is 0 Å². The summed E-state index contributed by atoms with van der Waals surface area (Å²) in [6.07, 6.45) is 0. The first-order valence-corrected chi connectivity index (χ1v) is 4.75. The maximum absolute atomic E-state index is 5.74. The average Bonchev–Trinajstić information content (AvgIpc) is 2.05. The maximum atomic E-state index is 5.74. The number of nitrogens with one attached hydrogen (secondary N) is 1. The van der Waals surface area contributed by atoms with Crippen LogP contribution in [0.4, 0.5) is 0 Å². The molecule has 12 heavy (non-hydrogen) atoms. The van der Waals surface area contributed by atoms with Gasteiger partial charge in [-0.05, 0) is 20.8 Å². The molecule has 1 rings (SSSR count). The number of hydrogen-bond donors (Lipinski definition) is 2. The SMILES string of the molecule is CC1CNCCN1C(C)(C)CN. The van der Waals surface area contributed by atoms with Crippen LogP contribution >= 0.6 is 0 Å². The zero-order valence-electron chi connectivity index (χ0n) is 8.43. The number of piperazine rings is 1. The smallest absolute Gasteiger partial charge is 0.0279 e. The van der Waals surface area contributed by atoms with Crippen molar-refractivity contribution in [3.63, 3.8) is 0 Å². The summed E-state index contributed by atoms with van der Waals surface area (Å²) in [5.41, 5.74) is 5.89. The average molecular weight is 171 g/mol. The van der Waals surface area contributed by atoms with Crippen molar-refractivity contribution >= 4 is 0 Å². The Balaban J connectivity index is 2.58. The molecule has 1 unspecified atom stereocenters. The van der Waals surface area contributed by atoms with Crippen molar-refractivity contribution in [3.05, 3.63) is 0 Å². The van der Waals surface area contributed by atoms with Gasteiger partial charge in [-0.25, -0.2) is 0 Å². The molecule has 0 radical (unpaired) electrons. The molecular formula is C9H21N3. The summed E-state index contributed by atoms with van der Waals surface area (Å²) in [4.78, 5) is 2.49. The quantitative estimate of drug-likeness (QED) is 0.615. The highest BCUT2D eigenvalue weighted by atomic mass is 15.3. The van der Waals surface area contributed by atoms with Gasteiger partial charge < -0.3 is 11.1 Å². The lowest BCUT2D eigenvalue weighted by molar-refractivity contribution is 0.0634. The van der Waals surface area contributed by atoms with Crippen LogP contribution in [0.25, 0.3) is 0 Å². The molecule has 1 aliphatic rings. The third-order valence-electron chi connectivity index (χ3n) is 2.78. The van der Waals surface area contributed by atoms with Crippen LogP contribution in [0, 0.1) is 0 Å². The summed E-state index contributed by atoms with van der Waals surface area (Å²) < 4.78 is 0. The lowest BCUT2D eigenvalue weighted by atomic mass is 9.99. The molecule has 1 atom stereocenters. The Hall–Kier alpha value is -0.120. The predicted molar refractivity (Wildman–Crippen MR) is 52.2 cm³/mol. The molecule has 0 saturated carbocycles. The molecule has 1 saturated heterocycles. The molecule has 0 aromatic rings. The standard InChI is InChI=1S/C9H21N3/c1-8-6-11-4-5-12(8)9(2,3)7-10/h8,11H,4-7,10H2,1-3H3. The van der Waals surface area contributed by atoms with Crippen LogP contribution in [0.5, 0.6) is 0 Å². The second-order valence-corrected chi connectivity index (χ2v) is 4.26. The minimum Gasteiger partial charge on any atom is -0.329 e. The summed E-state index contributed by atoms with van der Waals surface area (Å²) in [5, 5.41) is 3.38. The van der Waals surface area contributed by atoms with Crippen LogP contribution < -0.4 is 11.1 Å². The third kappa shape index (κ3) is 1.97. The predicted octanol–water partition coefficient (Wildman–Crippen LogP) is 0.0174. The van der Waals surface area contributed by atoms with E-state index in [4.69, 9.17) is 5.73 Å². The molecule has 72 valence electrons. The van der Waals surface area contributed by atoms with Gasteiger partial charge in [-0.1, -0.05) is 0 Å². The van der Waals surface area contributed by atoms with E-state index in [1.807, 2.05) is 0 Å². The molecule has 0 aromatic carbocycles. The molecular weight excluding hydrogens is 150 g/mol. The highest BCUT2D eigenvalue weighted by Gasteiger charge is 2.30. The minimum absolute atomic E-state index is 0.154. The lowest BCUT2D eigenvalue weighted by Gasteiger charge is -2.44. The van der Waals surface area contributed by atoms with Crippen molar-refractivity contribution in [2.75, 3.05) is 26.2 Å². The molecule has 1 fully saturated rings. The van der Waals surface area contributed by atoms with Gasteiger partial charge in [0.1, 0.15) is 0 Å². The van der Waals surface area contributed by atoms with Crippen LogP contribution in [0.15, 0.2) is 0 Å². The Labute approximate surface area is 75.3 Å². The van der Waals surface area contributed by atoms with Crippen LogP contribution in [0.2, 0.25) is 0 Å². The zero-order chi connectivity index (χ0) is 9.19.